The van der Waals surface area contributed by atoms with Crippen LogP contribution in [0.5, 0.6) is 0 Å². The lowest BCUT2D eigenvalue weighted by Gasteiger charge is -2.12. The molecule has 2 amide bonds. The van der Waals surface area contributed by atoms with Crippen LogP contribution in [0, 0.1) is 6.92 Å². The smallest absolute Gasteiger partial charge is 0.224 e. The van der Waals surface area contributed by atoms with Crippen LogP contribution < -0.4 is 5.32 Å². The maximum Gasteiger partial charge on any atom is 0.224 e. The van der Waals surface area contributed by atoms with Crippen molar-refractivity contribution in [2.24, 2.45) is 0 Å². The summed E-state index contributed by atoms with van der Waals surface area (Å²) in [6.07, 6.45) is 1.63. The lowest BCUT2D eigenvalue weighted by molar-refractivity contribution is -0.126. The zero-order valence-electron chi connectivity index (χ0n) is 11.5. The van der Waals surface area contributed by atoms with E-state index in [1.807, 2.05) is 25.1 Å². The summed E-state index contributed by atoms with van der Waals surface area (Å²) < 4.78 is 0. The number of carbonyl (C=O) groups excluding carboxylic acids is 2. The van der Waals surface area contributed by atoms with E-state index in [2.05, 4.69) is 11.4 Å². The monoisotopic (exact) mass is 260 g/mol. The first-order valence-corrected chi connectivity index (χ1v) is 6.63. The maximum absolute atomic E-state index is 11.8. The molecular formula is C15H20N2O2. The Morgan fingerprint density at radius 2 is 2.26 bits per heavy atom. The van der Waals surface area contributed by atoms with Crippen molar-refractivity contribution in [2.45, 2.75) is 32.2 Å². The molecule has 1 N–H and O–H groups in total. The number of rotatable bonds is 4. The van der Waals surface area contributed by atoms with Gasteiger partial charge in [0, 0.05) is 26.4 Å². The molecule has 0 aromatic heterocycles. The van der Waals surface area contributed by atoms with Crippen molar-refractivity contribution < 1.29 is 9.59 Å². The molecule has 0 radical (unpaired) electrons. The average Bonchev–Trinajstić information content (AvgIpc) is 2.66. The van der Waals surface area contributed by atoms with Gasteiger partial charge in [-0.3, -0.25) is 9.59 Å². The normalized spacial score (nSPS) is 18.7. The van der Waals surface area contributed by atoms with Gasteiger partial charge in [0.25, 0.3) is 0 Å². The molecule has 0 bridgehead atoms. The molecule has 1 atom stereocenters. The number of nitrogens with zero attached hydrogens (tertiary/aromatic N) is 1. The Kier molecular flexibility index (Phi) is 4.20. The van der Waals surface area contributed by atoms with Crippen molar-refractivity contribution in [3.63, 3.8) is 0 Å². The van der Waals surface area contributed by atoms with E-state index in [1.165, 1.54) is 11.1 Å². The van der Waals surface area contributed by atoms with E-state index in [0.717, 1.165) is 6.42 Å². The third-order valence-electron chi connectivity index (χ3n) is 3.43. The van der Waals surface area contributed by atoms with Gasteiger partial charge in [-0.1, -0.05) is 29.8 Å². The van der Waals surface area contributed by atoms with Gasteiger partial charge in [0.05, 0.1) is 6.04 Å². The van der Waals surface area contributed by atoms with Crippen molar-refractivity contribution in [3.05, 3.63) is 35.4 Å². The van der Waals surface area contributed by atoms with Crippen LogP contribution in [0.4, 0.5) is 0 Å². The van der Waals surface area contributed by atoms with Gasteiger partial charge in [-0.2, -0.15) is 0 Å². The number of hydrogen-bond acceptors (Lipinski definition) is 2. The van der Waals surface area contributed by atoms with Crippen molar-refractivity contribution in [3.8, 4) is 0 Å². The molecule has 1 fully saturated rings. The zero-order valence-corrected chi connectivity index (χ0v) is 11.5. The number of hydrogen-bond donors (Lipinski definition) is 1. The van der Waals surface area contributed by atoms with E-state index in [9.17, 15) is 9.59 Å². The number of likely N-dealkylation sites (tertiary alicyclic amines) is 1. The van der Waals surface area contributed by atoms with Crippen LogP contribution in [0.2, 0.25) is 0 Å². The van der Waals surface area contributed by atoms with E-state index in [0.29, 0.717) is 19.4 Å². The first kappa shape index (κ1) is 13.6. The molecule has 1 aromatic rings. The molecule has 1 aliphatic rings. The van der Waals surface area contributed by atoms with Crippen LogP contribution in [0.15, 0.2) is 24.3 Å². The first-order chi connectivity index (χ1) is 9.04. The predicted molar refractivity (Wildman–Crippen MR) is 73.7 cm³/mol. The SMILES string of the molecule is Cc1cccc(CCC(=O)NC2CC(=O)N(C)C2)c1. The summed E-state index contributed by atoms with van der Waals surface area (Å²) in [6.45, 7) is 2.67. The largest absolute Gasteiger partial charge is 0.351 e. The van der Waals surface area contributed by atoms with Crippen LogP contribution in [0.3, 0.4) is 0 Å². The lowest BCUT2D eigenvalue weighted by Crippen LogP contribution is -2.36. The number of amides is 2. The predicted octanol–water partition coefficient (Wildman–Crippen LogP) is 1.27. The molecule has 0 saturated carbocycles. The summed E-state index contributed by atoms with van der Waals surface area (Å²) in [4.78, 5) is 24.8. The van der Waals surface area contributed by atoms with Gasteiger partial charge in [0.1, 0.15) is 0 Å². The topological polar surface area (TPSA) is 49.4 Å². The fourth-order valence-electron chi connectivity index (χ4n) is 2.39. The van der Waals surface area contributed by atoms with Gasteiger partial charge in [-0.25, -0.2) is 0 Å². The van der Waals surface area contributed by atoms with Crippen molar-refractivity contribution >= 4 is 11.8 Å². The highest BCUT2D eigenvalue weighted by atomic mass is 16.2. The van der Waals surface area contributed by atoms with Crippen molar-refractivity contribution in [1.29, 1.82) is 0 Å². The Morgan fingerprint density at radius 3 is 2.89 bits per heavy atom. The summed E-state index contributed by atoms with van der Waals surface area (Å²) in [5, 5.41) is 2.92. The Morgan fingerprint density at radius 1 is 1.47 bits per heavy atom. The molecule has 1 aliphatic heterocycles. The van der Waals surface area contributed by atoms with Crippen molar-refractivity contribution in [1.82, 2.24) is 10.2 Å². The highest BCUT2D eigenvalue weighted by Crippen LogP contribution is 2.10. The molecule has 1 unspecified atom stereocenters. The summed E-state index contributed by atoms with van der Waals surface area (Å²) >= 11 is 0. The molecule has 1 heterocycles. The van der Waals surface area contributed by atoms with Crippen LogP contribution in [0.1, 0.15) is 24.0 Å². The van der Waals surface area contributed by atoms with Gasteiger partial charge in [0.2, 0.25) is 11.8 Å². The summed E-state index contributed by atoms with van der Waals surface area (Å²) in [5.74, 6) is 0.124. The minimum atomic E-state index is -0.0255. The van der Waals surface area contributed by atoms with Gasteiger partial charge in [0.15, 0.2) is 0 Å². The molecule has 2 rings (SSSR count). The number of aryl methyl sites for hydroxylation is 2. The van der Waals surface area contributed by atoms with E-state index < -0.39 is 0 Å². The van der Waals surface area contributed by atoms with E-state index in [1.54, 1.807) is 11.9 Å². The average molecular weight is 260 g/mol. The maximum atomic E-state index is 11.8. The van der Waals surface area contributed by atoms with Gasteiger partial charge < -0.3 is 10.2 Å². The molecule has 102 valence electrons. The standard InChI is InChI=1S/C15H20N2O2/c1-11-4-3-5-12(8-11)6-7-14(18)16-13-9-15(19)17(2)10-13/h3-5,8,13H,6-7,9-10H2,1-2H3,(H,16,18). The third-order valence-corrected chi connectivity index (χ3v) is 3.43. The van der Waals surface area contributed by atoms with Crippen molar-refractivity contribution in [2.75, 3.05) is 13.6 Å². The molecule has 19 heavy (non-hydrogen) atoms. The molecule has 4 nitrogen and oxygen atoms in total. The Balaban J connectivity index is 1.78. The molecular weight excluding hydrogens is 240 g/mol. The second-order valence-corrected chi connectivity index (χ2v) is 5.23. The zero-order chi connectivity index (χ0) is 13.8. The number of nitrogens with one attached hydrogen (secondary N) is 1. The van der Waals surface area contributed by atoms with Gasteiger partial charge in [-0.15, -0.1) is 0 Å². The second kappa shape index (κ2) is 5.87. The minimum Gasteiger partial charge on any atom is -0.351 e. The summed E-state index contributed by atoms with van der Waals surface area (Å²) in [6, 6.07) is 8.16. The highest BCUT2D eigenvalue weighted by molar-refractivity contribution is 5.82. The van der Waals surface area contributed by atoms with Gasteiger partial charge in [-0.05, 0) is 18.9 Å². The third kappa shape index (κ3) is 3.81. The fourth-order valence-corrected chi connectivity index (χ4v) is 2.39. The number of carbonyl (C=O) groups is 2. The highest BCUT2D eigenvalue weighted by Gasteiger charge is 2.27. The Labute approximate surface area is 113 Å². The minimum absolute atomic E-state index is 0.0228. The molecule has 0 aliphatic carbocycles. The van der Waals surface area contributed by atoms with Crippen LogP contribution in [-0.4, -0.2) is 36.3 Å². The van der Waals surface area contributed by atoms with Crippen LogP contribution >= 0.6 is 0 Å². The lowest BCUT2D eigenvalue weighted by atomic mass is 10.1. The molecule has 1 saturated heterocycles. The molecule has 4 heteroatoms. The Bertz CT molecular complexity index is 485. The second-order valence-electron chi connectivity index (χ2n) is 5.23. The van der Waals surface area contributed by atoms with Crippen LogP contribution in [0.25, 0.3) is 0 Å². The Hall–Kier alpha value is -1.84. The summed E-state index contributed by atoms with van der Waals surface area (Å²) in [7, 11) is 1.77. The summed E-state index contributed by atoms with van der Waals surface area (Å²) in [5.41, 5.74) is 2.38. The van der Waals surface area contributed by atoms with E-state index in [-0.39, 0.29) is 17.9 Å². The quantitative estimate of drug-likeness (QED) is 0.886. The molecule has 1 aromatic carbocycles. The number of benzene rings is 1. The van der Waals surface area contributed by atoms with E-state index >= 15 is 0 Å². The first-order valence-electron chi connectivity index (χ1n) is 6.63. The van der Waals surface area contributed by atoms with Crippen LogP contribution in [-0.2, 0) is 16.0 Å². The van der Waals surface area contributed by atoms with Gasteiger partial charge >= 0.3 is 0 Å². The number of likely N-dealkylation sites (N-methyl/N-ethyl adjacent to an activating group) is 1. The van der Waals surface area contributed by atoms with E-state index in [4.69, 9.17) is 0 Å². The molecule has 0 spiro atoms. The fraction of sp³-hybridized carbons (Fsp3) is 0.467.